The third-order valence-electron chi connectivity index (χ3n) is 8.83. The first-order valence-electron chi connectivity index (χ1n) is 16.1. The Balaban J connectivity index is 0.00000600. The number of aliphatic hydroxyl groups excluding tert-OH is 1. The Morgan fingerprint density at radius 2 is 1.47 bits per heavy atom. The van der Waals surface area contributed by atoms with Crippen LogP contribution < -0.4 is 14.5 Å². The van der Waals surface area contributed by atoms with Crippen molar-refractivity contribution in [2.45, 2.75) is 84.5 Å². The van der Waals surface area contributed by atoms with Crippen molar-refractivity contribution in [3.63, 3.8) is 0 Å². The highest BCUT2D eigenvalue weighted by molar-refractivity contribution is 7.59. The highest BCUT2D eigenvalue weighted by Crippen LogP contribution is 2.37. The minimum atomic E-state index is -1.91. The summed E-state index contributed by atoms with van der Waals surface area (Å²) in [5.74, 6) is 1.28. The number of aliphatic hydroxyl groups is 1. The zero-order valence-electron chi connectivity index (χ0n) is 28.9. The maximum absolute atomic E-state index is 12.1. The Labute approximate surface area is 289 Å². The first kappa shape index (κ1) is 37.9. The number of ether oxygens (including phenoxy) is 1. The zero-order chi connectivity index (χ0) is 33.3. The average molecular weight is 673 g/mol. The standard InChI is InChI=1S/C39H50N2O4Si.H2S/c1-29(24-31-18-21-35(22-19-31)45-46(6,7)39(3,4)5)41(26-32-14-10-8-11-15-32)27-37(43)34-20-23-38(36(25-34)40-30(2)42)44-28-33-16-12-9-13-17-33;/h8-23,25,29,37,43H,24,26-28H2,1-7H3,(H,40,42);1H2/t29-,37-;/m1./s1. The minimum Gasteiger partial charge on any atom is -0.544 e. The van der Waals surface area contributed by atoms with Crippen LogP contribution in [0, 0.1) is 0 Å². The third-order valence-corrected chi connectivity index (χ3v) is 13.2. The molecular formula is C39H52N2O4SSi. The van der Waals surface area contributed by atoms with E-state index in [1.54, 1.807) is 0 Å². The summed E-state index contributed by atoms with van der Waals surface area (Å²) < 4.78 is 12.6. The van der Waals surface area contributed by atoms with E-state index < -0.39 is 14.4 Å². The van der Waals surface area contributed by atoms with E-state index in [2.05, 4.69) is 87.4 Å². The first-order valence-corrected chi connectivity index (χ1v) is 19.0. The number of carbonyl (C=O) groups excluding carboxylic acids is 1. The lowest BCUT2D eigenvalue weighted by Crippen LogP contribution is -2.43. The lowest BCUT2D eigenvalue weighted by atomic mass is 10.0. The van der Waals surface area contributed by atoms with Gasteiger partial charge in [-0.15, -0.1) is 0 Å². The van der Waals surface area contributed by atoms with Crippen LogP contribution in [0.25, 0.3) is 0 Å². The topological polar surface area (TPSA) is 71.0 Å². The van der Waals surface area contributed by atoms with Gasteiger partial charge in [0, 0.05) is 26.1 Å². The molecule has 0 saturated heterocycles. The van der Waals surface area contributed by atoms with Crippen molar-refractivity contribution in [3.8, 4) is 11.5 Å². The summed E-state index contributed by atoms with van der Waals surface area (Å²) in [5, 5.41) is 14.6. The van der Waals surface area contributed by atoms with E-state index in [-0.39, 0.29) is 30.5 Å². The number of anilines is 1. The average Bonchev–Trinajstić information content (AvgIpc) is 3.01. The molecule has 0 saturated carbocycles. The Hall–Kier alpha value is -3.56. The van der Waals surface area contributed by atoms with Crippen LogP contribution in [0.15, 0.2) is 103 Å². The Kier molecular flexibility index (Phi) is 13.7. The molecule has 47 heavy (non-hydrogen) atoms. The largest absolute Gasteiger partial charge is 0.544 e. The molecule has 4 aromatic rings. The van der Waals surface area contributed by atoms with E-state index in [9.17, 15) is 9.90 Å². The van der Waals surface area contributed by atoms with Crippen molar-refractivity contribution >= 4 is 33.4 Å². The van der Waals surface area contributed by atoms with Gasteiger partial charge in [-0.2, -0.15) is 13.5 Å². The molecule has 4 aromatic carbocycles. The quantitative estimate of drug-likeness (QED) is 0.131. The number of amides is 1. The monoisotopic (exact) mass is 672 g/mol. The second kappa shape index (κ2) is 17.0. The molecule has 0 radical (unpaired) electrons. The van der Waals surface area contributed by atoms with E-state index in [0.717, 1.165) is 17.7 Å². The summed E-state index contributed by atoms with van der Waals surface area (Å²) in [6.45, 7) is 16.5. The number of nitrogens with zero attached hydrogens (tertiary/aromatic N) is 1. The molecule has 0 heterocycles. The van der Waals surface area contributed by atoms with Crippen LogP contribution in [0.2, 0.25) is 18.1 Å². The number of nitrogens with one attached hydrogen (secondary N) is 1. The lowest BCUT2D eigenvalue weighted by Gasteiger charge is -2.36. The predicted molar refractivity (Wildman–Crippen MR) is 201 cm³/mol. The molecule has 0 aromatic heterocycles. The van der Waals surface area contributed by atoms with Gasteiger partial charge in [0.05, 0.1) is 11.8 Å². The van der Waals surface area contributed by atoms with Gasteiger partial charge < -0.3 is 19.6 Å². The van der Waals surface area contributed by atoms with Crippen molar-refractivity contribution in [1.82, 2.24) is 4.90 Å². The van der Waals surface area contributed by atoms with Gasteiger partial charge in [0.2, 0.25) is 14.2 Å². The van der Waals surface area contributed by atoms with Crippen LogP contribution in [-0.4, -0.2) is 36.8 Å². The molecule has 1 amide bonds. The predicted octanol–water partition coefficient (Wildman–Crippen LogP) is 8.89. The molecule has 2 atom stereocenters. The van der Waals surface area contributed by atoms with E-state index >= 15 is 0 Å². The fourth-order valence-electron chi connectivity index (χ4n) is 5.06. The van der Waals surface area contributed by atoms with Gasteiger partial charge in [-0.3, -0.25) is 9.69 Å². The van der Waals surface area contributed by atoms with Crippen LogP contribution in [-0.2, 0) is 24.4 Å². The normalized spacial score (nSPS) is 13.0. The summed E-state index contributed by atoms with van der Waals surface area (Å²) in [4.78, 5) is 14.4. The number of hydrogen-bond donors (Lipinski definition) is 2. The van der Waals surface area contributed by atoms with Crippen molar-refractivity contribution in [2.75, 3.05) is 11.9 Å². The fourth-order valence-corrected chi connectivity index (χ4v) is 6.09. The molecule has 0 aliphatic rings. The molecular weight excluding hydrogens is 621 g/mol. The molecule has 6 nitrogen and oxygen atoms in total. The summed E-state index contributed by atoms with van der Waals surface area (Å²) in [5.41, 5.74) is 4.69. The Morgan fingerprint density at radius 3 is 2.04 bits per heavy atom. The van der Waals surface area contributed by atoms with Gasteiger partial charge in [0.15, 0.2) is 0 Å². The summed E-state index contributed by atoms with van der Waals surface area (Å²) in [6, 6.07) is 34.4. The van der Waals surface area contributed by atoms with E-state index in [1.165, 1.54) is 18.1 Å². The van der Waals surface area contributed by atoms with Gasteiger partial charge in [-0.1, -0.05) is 99.6 Å². The first-order chi connectivity index (χ1) is 21.8. The highest BCUT2D eigenvalue weighted by Gasteiger charge is 2.39. The summed E-state index contributed by atoms with van der Waals surface area (Å²) >= 11 is 0. The minimum absolute atomic E-state index is 0. The molecule has 0 unspecified atom stereocenters. The van der Waals surface area contributed by atoms with Crippen LogP contribution in [0.5, 0.6) is 11.5 Å². The lowest BCUT2D eigenvalue weighted by molar-refractivity contribution is -0.114. The second-order valence-electron chi connectivity index (χ2n) is 13.7. The van der Waals surface area contributed by atoms with Gasteiger partial charge in [-0.25, -0.2) is 0 Å². The fraction of sp³-hybridized carbons (Fsp3) is 0.359. The highest BCUT2D eigenvalue weighted by atomic mass is 32.1. The second-order valence-corrected chi connectivity index (χ2v) is 18.4. The van der Waals surface area contributed by atoms with E-state index in [0.29, 0.717) is 36.7 Å². The molecule has 0 aliphatic heterocycles. The van der Waals surface area contributed by atoms with Gasteiger partial charge in [-0.05, 0) is 78.0 Å². The van der Waals surface area contributed by atoms with Gasteiger partial charge in [0.25, 0.3) is 0 Å². The van der Waals surface area contributed by atoms with Crippen molar-refractivity contribution in [2.24, 2.45) is 0 Å². The third kappa shape index (κ3) is 11.3. The van der Waals surface area contributed by atoms with Crippen LogP contribution >= 0.6 is 13.5 Å². The molecule has 0 spiro atoms. The number of benzene rings is 4. The number of rotatable bonds is 14. The van der Waals surface area contributed by atoms with E-state index in [4.69, 9.17) is 9.16 Å². The maximum atomic E-state index is 12.1. The maximum Gasteiger partial charge on any atom is 0.250 e. The van der Waals surface area contributed by atoms with Crippen molar-refractivity contribution in [1.29, 1.82) is 0 Å². The number of hydrogen-bond acceptors (Lipinski definition) is 5. The van der Waals surface area contributed by atoms with Crippen LogP contribution in [0.3, 0.4) is 0 Å². The molecule has 4 rings (SSSR count). The van der Waals surface area contributed by atoms with Gasteiger partial charge in [0.1, 0.15) is 18.1 Å². The Morgan fingerprint density at radius 1 is 0.872 bits per heavy atom. The van der Waals surface area contributed by atoms with Gasteiger partial charge >= 0.3 is 0 Å². The molecule has 0 fully saturated rings. The van der Waals surface area contributed by atoms with Crippen LogP contribution in [0.4, 0.5) is 5.69 Å². The zero-order valence-corrected chi connectivity index (χ0v) is 30.9. The summed E-state index contributed by atoms with van der Waals surface area (Å²) in [7, 11) is -1.91. The van der Waals surface area contributed by atoms with E-state index in [1.807, 2.05) is 66.7 Å². The molecule has 8 heteroatoms. The summed E-state index contributed by atoms with van der Waals surface area (Å²) in [6.07, 6.45) is 0.0470. The molecule has 0 aliphatic carbocycles. The van der Waals surface area contributed by atoms with Crippen LogP contribution in [0.1, 0.15) is 63.0 Å². The van der Waals surface area contributed by atoms with Crippen molar-refractivity contribution < 1.29 is 19.1 Å². The Bertz CT molecular complexity index is 1540. The van der Waals surface area contributed by atoms with Crippen molar-refractivity contribution in [3.05, 3.63) is 125 Å². The molecule has 2 N–H and O–H groups in total. The smallest absolute Gasteiger partial charge is 0.250 e. The number of carbonyl (C=O) groups is 1. The molecule has 252 valence electrons. The molecule has 0 bridgehead atoms. The SMILES string of the molecule is CC(=O)Nc1cc([C@H](O)CN(Cc2ccccc2)[C@H](C)Cc2ccc(O[Si](C)(C)C(C)(C)C)cc2)ccc1OCc1ccccc1.S.